The zero-order valence-electron chi connectivity index (χ0n) is 11.0. The molecule has 2 atom stereocenters. The first-order valence-electron chi connectivity index (χ1n) is 6.48. The minimum atomic E-state index is -2.80. The fraction of sp³-hybridized carbons (Fsp3) is 0.750. The molecular weight excluding hydrogens is 250 g/mol. The largest absolute Gasteiger partial charge is 0.307 e. The van der Waals surface area contributed by atoms with Crippen LogP contribution in [0.3, 0.4) is 0 Å². The lowest BCUT2D eigenvalue weighted by atomic mass is 10.2. The van der Waals surface area contributed by atoms with Crippen molar-refractivity contribution in [1.82, 2.24) is 15.1 Å². The molecule has 1 aliphatic rings. The van der Waals surface area contributed by atoms with E-state index in [-0.39, 0.29) is 11.8 Å². The molecule has 1 aromatic heterocycles. The number of aromatic nitrogens is 2. The van der Waals surface area contributed by atoms with Crippen molar-refractivity contribution in [3.8, 4) is 0 Å². The van der Waals surface area contributed by atoms with E-state index < -0.39 is 9.84 Å². The Labute approximate surface area is 108 Å². The Morgan fingerprint density at radius 1 is 1.61 bits per heavy atom. The molecule has 0 spiro atoms. The lowest BCUT2D eigenvalue weighted by Crippen LogP contribution is -2.29. The number of sulfone groups is 1. The van der Waals surface area contributed by atoms with Gasteiger partial charge < -0.3 is 5.32 Å². The summed E-state index contributed by atoms with van der Waals surface area (Å²) >= 11 is 0. The highest BCUT2D eigenvalue weighted by Gasteiger charge is 2.27. The Morgan fingerprint density at radius 3 is 3.00 bits per heavy atom. The van der Waals surface area contributed by atoms with Crippen LogP contribution >= 0.6 is 0 Å². The molecule has 0 amide bonds. The van der Waals surface area contributed by atoms with Gasteiger partial charge in [0.15, 0.2) is 9.84 Å². The predicted molar refractivity (Wildman–Crippen MR) is 71.1 cm³/mol. The second-order valence-electron chi connectivity index (χ2n) is 5.03. The summed E-state index contributed by atoms with van der Waals surface area (Å²) in [5.41, 5.74) is 0.972. The highest BCUT2D eigenvalue weighted by atomic mass is 32.2. The van der Waals surface area contributed by atoms with Crippen molar-refractivity contribution in [2.45, 2.75) is 45.3 Å². The topological polar surface area (TPSA) is 64.0 Å². The van der Waals surface area contributed by atoms with Gasteiger partial charge in [0.05, 0.1) is 17.2 Å². The van der Waals surface area contributed by atoms with Crippen molar-refractivity contribution in [2.24, 2.45) is 0 Å². The van der Waals surface area contributed by atoms with Crippen LogP contribution in [0.15, 0.2) is 12.3 Å². The monoisotopic (exact) mass is 271 g/mol. The van der Waals surface area contributed by atoms with Crippen LogP contribution in [0.4, 0.5) is 0 Å². The number of hydrogen-bond acceptors (Lipinski definition) is 4. The molecule has 0 aromatic carbocycles. The van der Waals surface area contributed by atoms with Gasteiger partial charge in [-0.3, -0.25) is 4.68 Å². The molecule has 2 heterocycles. The summed E-state index contributed by atoms with van der Waals surface area (Å²) in [6, 6.07) is 2.48. The lowest BCUT2D eigenvalue weighted by Gasteiger charge is -2.10. The number of nitrogens with one attached hydrogen (secondary N) is 1. The Kier molecular flexibility index (Phi) is 4.07. The second kappa shape index (κ2) is 5.40. The lowest BCUT2D eigenvalue weighted by molar-refractivity contribution is 0.467. The summed E-state index contributed by atoms with van der Waals surface area (Å²) in [6.45, 7) is 4.91. The second-order valence-corrected chi connectivity index (χ2v) is 7.25. The van der Waals surface area contributed by atoms with E-state index >= 15 is 0 Å². The molecule has 102 valence electrons. The van der Waals surface area contributed by atoms with Crippen LogP contribution < -0.4 is 5.32 Å². The highest BCUT2D eigenvalue weighted by molar-refractivity contribution is 7.91. The maximum absolute atomic E-state index is 11.3. The van der Waals surface area contributed by atoms with Crippen LogP contribution in [-0.2, 0) is 16.4 Å². The van der Waals surface area contributed by atoms with Crippen LogP contribution in [0.25, 0.3) is 0 Å². The molecular formula is C12H21N3O2S. The summed E-state index contributed by atoms with van der Waals surface area (Å²) in [7, 11) is -2.80. The summed E-state index contributed by atoms with van der Waals surface area (Å²) in [5.74, 6) is 0.574. The van der Waals surface area contributed by atoms with Gasteiger partial charge in [-0.15, -0.1) is 0 Å². The predicted octanol–water partition coefficient (Wildman–Crippen LogP) is 1.13. The van der Waals surface area contributed by atoms with Gasteiger partial charge in [0.1, 0.15) is 0 Å². The van der Waals surface area contributed by atoms with E-state index in [1.165, 1.54) is 0 Å². The standard InChI is InChI=1S/C12H21N3O2S/c1-3-10(2)15-6-4-11(14-15)8-13-12-5-7-18(16,17)9-12/h4,6,10,12-13H,3,5,7-9H2,1-2H3. The first-order chi connectivity index (χ1) is 8.50. The first-order valence-corrected chi connectivity index (χ1v) is 8.30. The summed E-state index contributed by atoms with van der Waals surface area (Å²) in [5, 5.41) is 7.75. The molecule has 1 aliphatic heterocycles. The SMILES string of the molecule is CCC(C)n1ccc(CNC2CCS(=O)(=O)C2)n1. The molecule has 0 radical (unpaired) electrons. The zero-order chi connectivity index (χ0) is 13.2. The smallest absolute Gasteiger partial charge is 0.151 e. The van der Waals surface area contributed by atoms with Gasteiger partial charge in [0.2, 0.25) is 0 Å². The van der Waals surface area contributed by atoms with Gasteiger partial charge in [0.25, 0.3) is 0 Å². The number of hydrogen-bond donors (Lipinski definition) is 1. The van der Waals surface area contributed by atoms with Crippen molar-refractivity contribution < 1.29 is 8.42 Å². The normalized spacial score (nSPS) is 24.2. The Balaban J connectivity index is 1.86. The van der Waals surface area contributed by atoms with E-state index in [0.29, 0.717) is 24.8 Å². The first kappa shape index (κ1) is 13.5. The molecule has 1 aromatic rings. The van der Waals surface area contributed by atoms with Crippen LogP contribution in [-0.4, -0.2) is 35.7 Å². The van der Waals surface area contributed by atoms with Crippen LogP contribution in [0.5, 0.6) is 0 Å². The van der Waals surface area contributed by atoms with Gasteiger partial charge in [-0.25, -0.2) is 8.42 Å². The van der Waals surface area contributed by atoms with Crippen molar-refractivity contribution in [3.05, 3.63) is 18.0 Å². The molecule has 18 heavy (non-hydrogen) atoms. The van der Waals surface area contributed by atoms with E-state index in [1.54, 1.807) is 0 Å². The minimum absolute atomic E-state index is 0.0868. The van der Waals surface area contributed by atoms with Gasteiger partial charge in [-0.1, -0.05) is 6.92 Å². The number of rotatable bonds is 5. The third-order valence-electron chi connectivity index (χ3n) is 3.51. The molecule has 6 heteroatoms. The molecule has 5 nitrogen and oxygen atoms in total. The van der Waals surface area contributed by atoms with Crippen LogP contribution in [0, 0.1) is 0 Å². The molecule has 2 unspecified atom stereocenters. The Hall–Kier alpha value is -0.880. The van der Waals surface area contributed by atoms with Crippen molar-refractivity contribution in [1.29, 1.82) is 0 Å². The molecule has 0 aliphatic carbocycles. The van der Waals surface area contributed by atoms with Crippen LogP contribution in [0.2, 0.25) is 0 Å². The average molecular weight is 271 g/mol. The van der Waals surface area contributed by atoms with E-state index in [2.05, 4.69) is 24.3 Å². The Morgan fingerprint density at radius 2 is 2.39 bits per heavy atom. The Bertz CT molecular complexity index is 495. The van der Waals surface area contributed by atoms with Crippen molar-refractivity contribution in [3.63, 3.8) is 0 Å². The van der Waals surface area contributed by atoms with Gasteiger partial charge in [-0.05, 0) is 25.8 Å². The zero-order valence-corrected chi connectivity index (χ0v) is 11.8. The maximum atomic E-state index is 11.3. The average Bonchev–Trinajstić information content (AvgIpc) is 2.92. The molecule has 1 saturated heterocycles. The fourth-order valence-corrected chi connectivity index (χ4v) is 3.82. The molecule has 1 fully saturated rings. The molecule has 0 saturated carbocycles. The third-order valence-corrected chi connectivity index (χ3v) is 5.28. The minimum Gasteiger partial charge on any atom is -0.307 e. The molecule has 0 bridgehead atoms. The van der Waals surface area contributed by atoms with Gasteiger partial charge in [0, 0.05) is 24.8 Å². The van der Waals surface area contributed by atoms with Gasteiger partial charge in [-0.2, -0.15) is 5.10 Å². The van der Waals surface area contributed by atoms with Crippen molar-refractivity contribution >= 4 is 9.84 Å². The maximum Gasteiger partial charge on any atom is 0.151 e. The third kappa shape index (κ3) is 3.32. The van der Waals surface area contributed by atoms with Crippen molar-refractivity contribution in [2.75, 3.05) is 11.5 Å². The quantitative estimate of drug-likeness (QED) is 0.872. The van der Waals surface area contributed by atoms with E-state index in [9.17, 15) is 8.42 Å². The van der Waals surface area contributed by atoms with Crippen LogP contribution in [0.1, 0.15) is 38.4 Å². The van der Waals surface area contributed by atoms with E-state index in [4.69, 9.17) is 0 Å². The summed E-state index contributed by atoms with van der Waals surface area (Å²) in [6.07, 6.45) is 3.75. The highest BCUT2D eigenvalue weighted by Crippen LogP contribution is 2.13. The van der Waals surface area contributed by atoms with E-state index in [1.807, 2.05) is 16.9 Å². The molecule has 1 N–H and O–H groups in total. The number of nitrogens with zero attached hydrogens (tertiary/aromatic N) is 2. The van der Waals surface area contributed by atoms with Gasteiger partial charge >= 0.3 is 0 Å². The summed E-state index contributed by atoms with van der Waals surface area (Å²) in [4.78, 5) is 0. The molecule has 2 rings (SSSR count). The van der Waals surface area contributed by atoms with E-state index in [0.717, 1.165) is 12.1 Å². The fourth-order valence-electron chi connectivity index (χ4n) is 2.11. The summed E-state index contributed by atoms with van der Waals surface area (Å²) < 4.78 is 24.6.